The van der Waals surface area contributed by atoms with Crippen molar-refractivity contribution in [2.45, 2.75) is 44.7 Å². The second-order valence-electron chi connectivity index (χ2n) is 4.22. The van der Waals surface area contributed by atoms with Gasteiger partial charge in [-0.25, -0.2) is 0 Å². The van der Waals surface area contributed by atoms with Gasteiger partial charge < -0.3 is 15.8 Å². The number of nitrogens with one attached hydrogen (secondary N) is 1. The van der Waals surface area contributed by atoms with Crippen molar-refractivity contribution in [2.75, 3.05) is 19.8 Å². The summed E-state index contributed by atoms with van der Waals surface area (Å²) in [5.41, 5.74) is 6.11. The Balaban J connectivity index is 2.24. The molecule has 0 aromatic carbocycles. The summed E-state index contributed by atoms with van der Waals surface area (Å²) in [6.45, 7) is 7.07. The van der Waals surface area contributed by atoms with Gasteiger partial charge in [-0.2, -0.15) is 0 Å². The van der Waals surface area contributed by atoms with Crippen LogP contribution in [0.3, 0.4) is 0 Å². The summed E-state index contributed by atoms with van der Waals surface area (Å²) in [5.74, 6) is 0. The van der Waals surface area contributed by atoms with Crippen molar-refractivity contribution in [1.82, 2.24) is 5.32 Å². The lowest BCUT2D eigenvalue weighted by Crippen LogP contribution is -2.50. The van der Waals surface area contributed by atoms with Crippen LogP contribution in [0.4, 0.5) is 0 Å². The van der Waals surface area contributed by atoms with E-state index in [1.54, 1.807) is 0 Å². The highest BCUT2D eigenvalue weighted by molar-refractivity contribution is 4.86. The van der Waals surface area contributed by atoms with Crippen molar-refractivity contribution >= 4 is 0 Å². The van der Waals surface area contributed by atoms with Gasteiger partial charge in [-0.3, -0.25) is 0 Å². The Bertz CT molecular complexity index is 144. The van der Waals surface area contributed by atoms with Gasteiger partial charge in [0.15, 0.2) is 0 Å². The minimum atomic E-state index is 0.255. The van der Waals surface area contributed by atoms with E-state index in [0.29, 0.717) is 6.04 Å². The van der Waals surface area contributed by atoms with Crippen molar-refractivity contribution in [1.29, 1.82) is 0 Å². The lowest BCUT2D eigenvalue weighted by atomic mass is 9.92. The first-order chi connectivity index (χ1) is 6.16. The Morgan fingerprint density at radius 1 is 1.46 bits per heavy atom. The first-order valence-corrected chi connectivity index (χ1v) is 5.24. The molecule has 0 spiro atoms. The van der Waals surface area contributed by atoms with Crippen LogP contribution >= 0.6 is 0 Å². The molecule has 1 saturated heterocycles. The zero-order valence-electron chi connectivity index (χ0n) is 8.81. The highest BCUT2D eigenvalue weighted by Gasteiger charge is 2.26. The first-order valence-electron chi connectivity index (χ1n) is 5.24. The molecule has 1 fully saturated rings. The van der Waals surface area contributed by atoms with Crippen LogP contribution in [0.2, 0.25) is 0 Å². The lowest BCUT2D eigenvalue weighted by molar-refractivity contribution is 0.0448. The van der Waals surface area contributed by atoms with Gasteiger partial charge in [-0.1, -0.05) is 6.92 Å². The van der Waals surface area contributed by atoms with Crippen LogP contribution in [0.5, 0.6) is 0 Å². The van der Waals surface area contributed by atoms with Gasteiger partial charge in [0, 0.05) is 31.3 Å². The summed E-state index contributed by atoms with van der Waals surface area (Å²) in [4.78, 5) is 0. The topological polar surface area (TPSA) is 47.3 Å². The first kappa shape index (κ1) is 11.0. The molecule has 1 heterocycles. The summed E-state index contributed by atoms with van der Waals surface area (Å²) < 4.78 is 5.33. The summed E-state index contributed by atoms with van der Waals surface area (Å²) in [7, 11) is 0. The molecular formula is C10H22N2O. The zero-order valence-corrected chi connectivity index (χ0v) is 8.81. The van der Waals surface area contributed by atoms with E-state index in [-0.39, 0.29) is 5.54 Å². The molecular weight excluding hydrogens is 164 g/mol. The van der Waals surface area contributed by atoms with Crippen LogP contribution in [-0.4, -0.2) is 31.3 Å². The third-order valence-electron chi connectivity index (χ3n) is 2.91. The summed E-state index contributed by atoms with van der Waals surface area (Å²) in [5, 5.41) is 3.54. The van der Waals surface area contributed by atoms with Crippen molar-refractivity contribution < 1.29 is 4.74 Å². The van der Waals surface area contributed by atoms with Gasteiger partial charge >= 0.3 is 0 Å². The van der Waals surface area contributed by atoms with E-state index in [4.69, 9.17) is 10.5 Å². The Morgan fingerprint density at radius 2 is 2.08 bits per heavy atom. The normalized spacial score (nSPS) is 24.2. The molecule has 3 nitrogen and oxygen atoms in total. The lowest BCUT2D eigenvalue weighted by Gasteiger charge is -2.35. The summed E-state index contributed by atoms with van der Waals surface area (Å²) >= 11 is 0. The van der Waals surface area contributed by atoms with Crippen LogP contribution in [0, 0.1) is 0 Å². The van der Waals surface area contributed by atoms with Crippen molar-refractivity contribution in [3.8, 4) is 0 Å². The third-order valence-corrected chi connectivity index (χ3v) is 2.91. The quantitative estimate of drug-likeness (QED) is 0.685. The standard InChI is InChI=1S/C10H22N2O/c1-3-9(11)8-12-10(2)4-6-13-7-5-10/h9,12H,3-8,11H2,1-2H3. The molecule has 1 unspecified atom stereocenters. The molecule has 0 saturated carbocycles. The molecule has 0 aromatic rings. The number of hydrogen-bond acceptors (Lipinski definition) is 3. The van der Waals surface area contributed by atoms with Crippen molar-refractivity contribution in [3.05, 3.63) is 0 Å². The number of rotatable bonds is 4. The molecule has 0 radical (unpaired) electrons. The van der Waals surface area contributed by atoms with Crippen molar-refractivity contribution in [3.63, 3.8) is 0 Å². The van der Waals surface area contributed by atoms with E-state index in [1.807, 2.05) is 0 Å². The molecule has 0 aliphatic carbocycles. The molecule has 0 bridgehead atoms. The van der Waals surface area contributed by atoms with Gasteiger partial charge in [-0.05, 0) is 26.2 Å². The molecule has 0 aromatic heterocycles. The number of hydrogen-bond donors (Lipinski definition) is 2. The fraction of sp³-hybridized carbons (Fsp3) is 1.00. The third kappa shape index (κ3) is 3.63. The maximum atomic E-state index is 5.86. The second kappa shape index (κ2) is 4.94. The van der Waals surface area contributed by atoms with E-state index in [1.165, 1.54) is 0 Å². The number of ether oxygens (including phenoxy) is 1. The van der Waals surface area contributed by atoms with Gasteiger partial charge in [-0.15, -0.1) is 0 Å². The molecule has 3 heteroatoms. The Morgan fingerprint density at radius 3 is 2.62 bits per heavy atom. The SMILES string of the molecule is CCC(N)CNC1(C)CCOCC1. The van der Waals surface area contributed by atoms with E-state index in [2.05, 4.69) is 19.2 Å². The molecule has 0 amide bonds. The Labute approximate surface area is 81.0 Å². The molecule has 3 N–H and O–H groups in total. The minimum absolute atomic E-state index is 0.255. The fourth-order valence-corrected chi connectivity index (χ4v) is 1.52. The largest absolute Gasteiger partial charge is 0.381 e. The van der Waals surface area contributed by atoms with Gasteiger partial charge in [0.05, 0.1) is 0 Å². The van der Waals surface area contributed by atoms with Crippen LogP contribution in [0.25, 0.3) is 0 Å². The molecule has 1 aliphatic rings. The smallest absolute Gasteiger partial charge is 0.0483 e. The maximum absolute atomic E-state index is 5.86. The average Bonchev–Trinajstić information content (AvgIpc) is 2.15. The van der Waals surface area contributed by atoms with Gasteiger partial charge in [0.2, 0.25) is 0 Å². The monoisotopic (exact) mass is 186 g/mol. The van der Waals surface area contributed by atoms with E-state index in [0.717, 1.165) is 39.0 Å². The van der Waals surface area contributed by atoms with E-state index >= 15 is 0 Å². The Hall–Kier alpha value is -0.120. The molecule has 1 aliphatic heterocycles. The fourth-order valence-electron chi connectivity index (χ4n) is 1.52. The highest BCUT2D eigenvalue weighted by atomic mass is 16.5. The van der Waals surface area contributed by atoms with E-state index in [9.17, 15) is 0 Å². The van der Waals surface area contributed by atoms with Crippen LogP contribution in [-0.2, 0) is 4.74 Å². The molecule has 78 valence electrons. The Kier molecular flexibility index (Phi) is 4.16. The number of nitrogens with two attached hydrogens (primary N) is 1. The predicted molar refractivity (Wildman–Crippen MR) is 54.7 cm³/mol. The molecule has 1 atom stereocenters. The van der Waals surface area contributed by atoms with Crippen LogP contribution < -0.4 is 11.1 Å². The van der Waals surface area contributed by atoms with Crippen LogP contribution in [0.15, 0.2) is 0 Å². The zero-order chi connectivity index (χ0) is 9.73. The predicted octanol–water partition coefficient (Wildman–Crippen LogP) is 0.882. The van der Waals surface area contributed by atoms with Crippen LogP contribution in [0.1, 0.15) is 33.1 Å². The van der Waals surface area contributed by atoms with E-state index < -0.39 is 0 Å². The van der Waals surface area contributed by atoms with Crippen molar-refractivity contribution in [2.24, 2.45) is 5.73 Å². The van der Waals surface area contributed by atoms with Gasteiger partial charge in [0.25, 0.3) is 0 Å². The molecule has 1 rings (SSSR count). The molecule has 13 heavy (non-hydrogen) atoms. The maximum Gasteiger partial charge on any atom is 0.0483 e. The minimum Gasteiger partial charge on any atom is -0.381 e. The highest BCUT2D eigenvalue weighted by Crippen LogP contribution is 2.19. The summed E-state index contributed by atoms with van der Waals surface area (Å²) in [6.07, 6.45) is 3.24. The average molecular weight is 186 g/mol. The second-order valence-corrected chi connectivity index (χ2v) is 4.22. The summed E-state index contributed by atoms with van der Waals surface area (Å²) in [6, 6.07) is 0.291. The van der Waals surface area contributed by atoms with Gasteiger partial charge in [0.1, 0.15) is 0 Å².